The average Bonchev–Trinajstić information content (AvgIpc) is 3.12. The standard InChI is InChI=1S/C31H58N4O5SSi2/c1-8-9-17-32-18-10-19-33(25-32)31(43(5,6)7)13-11-27(12-14-31)24-35-29(37)34(26-40-20-23-42(2,3)4)28(36)30(35)15-21-41(38,39)22-16-30/h10,18,27H,8-9,11-17,19-26H2,1-7H3. The first-order chi connectivity index (χ1) is 20.0. The molecule has 0 aromatic heterocycles. The van der Waals surface area contributed by atoms with Gasteiger partial charge in [0.2, 0.25) is 0 Å². The largest absolute Gasteiger partial charge is 0.365 e. The molecule has 43 heavy (non-hydrogen) atoms. The van der Waals surface area contributed by atoms with Crippen molar-refractivity contribution >= 4 is 37.9 Å². The van der Waals surface area contributed by atoms with Gasteiger partial charge in [-0.3, -0.25) is 9.69 Å². The summed E-state index contributed by atoms with van der Waals surface area (Å²) >= 11 is 0. The van der Waals surface area contributed by atoms with Crippen molar-refractivity contribution < 1.29 is 22.7 Å². The quantitative estimate of drug-likeness (QED) is 0.162. The third kappa shape index (κ3) is 7.61. The number of unbranched alkanes of at least 4 members (excludes halogenated alkanes) is 1. The zero-order valence-electron chi connectivity index (χ0n) is 28.0. The SMILES string of the molecule is CCCCN1C=CCN(C2([Si](C)(C)C)CCC(CN3C(=O)N(COCC[Si](C)(C)C)C(=O)C34CCS(=O)(=O)CC4)CC2)C1. The van der Waals surface area contributed by atoms with Crippen molar-refractivity contribution in [3.63, 3.8) is 0 Å². The molecule has 3 aliphatic heterocycles. The van der Waals surface area contributed by atoms with Crippen LogP contribution >= 0.6 is 0 Å². The number of rotatable bonds is 12. The van der Waals surface area contributed by atoms with Gasteiger partial charge in [0.1, 0.15) is 12.3 Å². The maximum atomic E-state index is 13.9. The Hall–Kier alpha value is -1.22. The molecular weight excluding hydrogens is 597 g/mol. The fourth-order valence-electron chi connectivity index (χ4n) is 7.64. The topological polar surface area (TPSA) is 90.5 Å². The molecule has 1 spiro atoms. The van der Waals surface area contributed by atoms with Crippen LogP contribution in [0.5, 0.6) is 0 Å². The van der Waals surface area contributed by atoms with Crippen LogP contribution in [0.25, 0.3) is 0 Å². The second kappa shape index (κ2) is 13.3. The Kier molecular flexibility index (Phi) is 10.7. The Morgan fingerprint density at radius 3 is 2.23 bits per heavy atom. The van der Waals surface area contributed by atoms with Crippen LogP contribution in [-0.2, 0) is 19.4 Å². The van der Waals surface area contributed by atoms with Gasteiger partial charge in [-0.1, -0.05) is 58.7 Å². The van der Waals surface area contributed by atoms with Crippen molar-refractivity contribution in [3.05, 3.63) is 12.3 Å². The molecule has 12 heteroatoms. The van der Waals surface area contributed by atoms with E-state index in [0.29, 0.717) is 19.1 Å². The maximum absolute atomic E-state index is 13.9. The minimum atomic E-state index is -3.20. The number of hydrogen-bond donors (Lipinski definition) is 0. The van der Waals surface area contributed by atoms with Crippen LogP contribution in [0.15, 0.2) is 12.3 Å². The molecule has 3 fully saturated rings. The monoisotopic (exact) mass is 654 g/mol. The fraction of sp³-hybridized carbons (Fsp3) is 0.871. The van der Waals surface area contributed by atoms with Crippen LogP contribution in [0.3, 0.4) is 0 Å². The molecule has 0 unspecified atom stereocenters. The first-order valence-electron chi connectivity index (χ1n) is 16.6. The van der Waals surface area contributed by atoms with Crippen LogP contribution in [0, 0.1) is 5.92 Å². The Morgan fingerprint density at radius 1 is 1.00 bits per heavy atom. The molecule has 3 amide bonds. The summed E-state index contributed by atoms with van der Waals surface area (Å²) in [5, 5.41) is 0.191. The smallest absolute Gasteiger partial charge is 0.329 e. The van der Waals surface area contributed by atoms with Crippen LogP contribution < -0.4 is 0 Å². The third-order valence-electron chi connectivity index (χ3n) is 10.7. The van der Waals surface area contributed by atoms with Gasteiger partial charge >= 0.3 is 6.03 Å². The molecule has 0 aromatic rings. The van der Waals surface area contributed by atoms with Gasteiger partial charge < -0.3 is 14.5 Å². The second-order valence-corrected chi connectivity index (χ2v) is 29.2. The minimum absolute atomic E-state index is 0.0481. The zero-order valence-corrected chi connectivity index (χ0v) is 30.8. The lowest BCUT2D eigenvalue weighted by molar-refractivity contribution is -0.137. The number of carbonyl (C=O) groups excluding carboxylic acids is 2. The molecule has 0 radical (unpaired) electrons. The minimum Gasteiger partial charge on any atom is -0.365 e. The molecular formula is C31H58N4O5SSi2. The van der Waals surface area contributed by atoms with Gasteiger partial charge in [0.25, 0.3) is 5.91 Å². The van der Waals surface area contributed by atoms with E-state index in [-0.39, 0.29) is 48.2 Å². The molecule has 4 rings (SSSR count). The predicted molar refractivity (Wildman–Crippen MR) is 179 cm³/mol. The summed E-state index contributed by atoms with van der Waals surface area (Å²) in [5.74, 6) is -0.0682. The lowest BCUT2D eigenvalue weighted by Crippen LogP contribution is -2.67. The summed E-state index contributed by atoms with van der Waals surface area (Å²) in [4.78, 5) is 36.0. The highest BCUT2D eigenvalue weighted by atomic mass is 32.2. The summed E-state index contributed by atoms with van der Waals surface area (Å²) in [6.07, 6.45) is 11.6. The highest BCUT2D eigenvalue weighted by molar-refractivity contribution is 7.91. The third-order valence-corrected chi connectivity index (χ3v) is 17.6. The van der Waals surface area contributed by atoms with Crippen LogP contribution in [-0.4, -0.2) is 118 Å². The number of imide groups is 1. The summed E-state index contributed by atoms with van der Waals surface area (Å²) in [7, 11) is -6.12. The first-order valence-corrected chi connectivity index (χ1v) is 25.6. The number of urea groups is 1. The van der Waals surface area contributed by atoms with E-state index in [4.69, 9.17) is 4.74 Å². The lowest BCUT2D eigenvalue weighted by Gasteiger charge is -2.56. The predicted octanol–water partition coefficient (Wildman–Crippen LogP) is 5.21. The molecule has 1 aliphatic carbocycles. The molecule has 2 saturated heterocycles. The summed E-state index contributed by atoms with van der Waals surface area (Å²) in [5.41, 5.74) is -1.06. The Bertz CT molecular complexity index is 1130. The van der Waals surface area contributed by atoms with Crippen LogP contribution in [0.2, 0.25) is 45.3 Å². The first kappa shape index (κ1) is 34.7. The van der Waals surface area contributed by atoms with Crippen LogP contribution in [0.1, 0.15) is 58.3 Å². The number of hydrogen-bond acceptors (Lipinski definition) is 7. The number of ether oxygens (including phenoxy) is 1. The maximum Gasteiger partial charge on any atom is 0.329 e. The van der Waals surface area contributed by atoms with E-state index in [1.54, 1.807) is 4.90 Å². The molecule has 1 saturated carbocycles. The summed E-state index contributed by atoms with van der Waals surface area (Å²) in [6, 6.07) is 0.660. The molecule has 9 nitrogen and oxygen atoms in total. The van der Waals surface area contributed by atoms with Crippen LogP contribution in [0.4, 0.5) is 4.79 Å². The zero-order chi connectivity index (χ0) is 31.7. The number of sulfone groups is 1. The molecule has 4 aliphatic rings. The van der Waals surface area contributed by atoms with E-state index in [0.717, 1.165) is 51.5 Å². The number of nitrogens with zero attached hydrogens (tertiary/aromatic N) is 4. The molecule has 0 aromatic carbocycles. The van der Waals surface area contributed by atoms with E-state index >= 15 is 0 Å². The van der Waals surface area contributed by atoms with E-state index in [1.807, 2.05) is 0 Å². The Balaban J connectivity index is 1.48. The summed E-state index contributed by atoms with van der Waals surface area (Å²) in [6.45, 7) is 20.6. The van der Waals surface area contributed by atoms with Gasteiger partial charge in [-0.15, -0.1) is 0 Å². The van der Waals surface area contributed by atoms with Gasteiger partial charge in [-0.25, -0.2) is 18.1 Å². The normalized spacial score (nSPS) is 28.3. The van der Waals surface area contributed by atoms with Crippen molar-refractivity contribution in [3.8, 4) is 0 Å². The molecule has 246 valence electrons. The highest BCUT2D eigenvalue weighted by Gasteiger charge is 2.59. The fourth-order valence-corrected chi connectivity index (χ4v) is 12.8. The van der Waals surface area contributed by atoms with Gasteiger partial charge in [0.15, 0.2) is 9.84 Å². The highest BCUT2D eigenvalue weighted by Crippen LogP contribution is 2.46. The molecule has 0 bridgehead atoms. The molecule has 0 N–H and O–H groups in total. The van der Waals surface area contributed by atoms with E-state index in [9.17, 15) is 18.0 Å². The molecule has 0 atom stereocenters. The van der Waals surface area contributed by atoms with Crippen molar-refractivity contribution in [1.29, 1.82) is 0 Å². The van der Waals surface area contributed by atoms with E-state index < -0.39 is 31.5 Å². The van der Waals surface area contributed by atoms with Crippen molar-refractivity contribution in [2.45, 2.75) is 114 Å². The second-order valence-electron chi connectivity index (χ2n) is 15.8. The van der Waals surface area contributed by atoms with Crippen molar-refractivity contribution in [1.82, 2.24) is 19.6 Å². The Labute approximate surface area is 263 Å². The van der Waals surface area contributed by atoms with E-state index in [1.165, 1.54) is 17.7 Å². The number of amides is 3. The number of carbonyl (C=O) groups is 2. The van der Waals surface area contributed by atoms with E-state index in [2.05, 4.69) is 68.3 Å². The van der Waals surface area contributed by atoms with Gasteiger partial charge in [0.05, 0.1) is 26.2 Å². The summed E-state index contributed by atoms with van der Waals surface area (Å²) < 4.78 is 30.7. The average molecular weight is 655 g/mol. The van der Waals surface area contributed by atoms with Crippen molar-refractivity contribution in [2.24, 2.45) is 5.92 Å². The Morgan fingerprint density at radius 2 is 1.65 bits per heavy atom. The lowest BCUT2D eigenvalue weighted by atomic mass is 9.82. The van der Waals surface area contributed by atoms with Gasteiger partial charge in [0, 0.05) is 39.5 Å². The van der Waals surface area contributed by atoms with Gasteiger partial charge in [-0.05, 0) is 63.1 Å². The van der Waals surface area contributed by atoms with Crippen molar-refractivity contribution in [2.75, 3.05) is 51.1 Å². The van der Waals surface area contributed by atoms with Gasteiger partial charge in [-0.2, -0.15) is 0 Å². The molecule has 3 heterocycles.